The minimum Gasteiger partial charge on any atom is -0.379 e. The van der Waals surface area contributed by atoms with Crippen molar-refractivity contribution in [2.45, 2.75) is 32.2 Å². The lowest BCUT2D eigenvalue weighted by Crippen LogP contribution is -2.51. The number of aromatic nitrogens is 2. The van der Waals surface area contributed by atoms with E-state index in [9.17, 15) is 4.79 Å². The molecule has 1 unspecified atom stereocenters. The number of rotatable bonds is 4. The van der Waals surface area contributed by atoms with Gasteiger partial charge in [-0.2, -0.15) is 0 Å². The van der Waals surface area contributed by atoms with Crippen molar-refractivity contribution in [2.24, 2.45) is 0 Å². The van der Waals surface area contributed by atoms with Crippen LogP contribution in [0.5, 0.6) is 0 Å². The van der Waals surface area contributed by atoms with Crippen LogP contribution in [0.1, 0.15) is 37.2 Å². The largest absolute Gasteiger partial charge is 0.379 e. The first kappa shape index (κ1) is 13.7. The predicted octanol–water partition coefficient (Wildman–Crippen LogP) is 1.21. The van der Waals surface area contributed by atoms with E-state index < -0.39 is 0 Å². The number of nitrogens with one attached hydrogen (secondary N) is 2. The molecule has 1 amide bonds. The van der Waals surface area contributed by atoms with Crippen LogP contribution in [0.2, 0.25) is 0 Å². The lowest BCUT2D eigenvalue weighted by molar-refractivity contribution is 0.0271. The number of anilines is 1. The zero-order valence-corrected chi connectivity index (χ0v) is 11.4. The quantitative estimate of drug-likeness (QED) is 0.854. The Labute approximate surface area is 112 Å². The first-order valence-electron chi connectivity index (χ1n) is 6.61. The molecule has 6 heteroatoms. The minimum atomic E-state index is -0.308. The summed E-state index contributed by atoms with van der Waals surface area (Å²) in [6.07, 6.45) is 1.88. The minimum absolute atomic E-state index is 0.205. The molecule has 104 valence electrons. The average Bonchev–Trinajstić information content (AvgIpc) is 2.40. The molecular weight excluding hydrogens is 244 g/mol. The molecule has 1 aromatic heterocycles. The van der Waals surface area contributed by atoms with Gasteiger partial charge < -0.3 is 15.4 Å². The number of nitrogens with zero attached hydrogens (tertiary/aromatic N) is 2. The molecule has 2 rings (SSSR count). The average molecular weight is 264 g/mol. The zero-order chi connectivity index (χ0) is 13.7. The van der Waals surface area contributed by atoms with Gasteiger partial charge in [0, 0.05) is 13.2 Å². The molecule has 1 aliphatic rings. The van der Waals surface area contributed by atoms with Crippen LogP contribution in [0.15, 0.2) is 12.1 Å². The molecule has 19 heavy (non-hydrogen) atoms. The lowest BCUT2D eigenvalue weighted by Gasteiger charge is -2.34. The van der Waals surface area contributed by atoms with Gasteiger partial charge in [-0.15, -0.1) is 10.2 Å². The zero-order valence-electron chi connectivity index (χ0n) is 11.4. The second-order valence-electron chi connectivity index (χ2n) is 5.01. The lowest BCUT2D eigenvalue weighted by atomic mass is 9.95. The Morgan fingerprint density at radius 3 is 2.89 bits per heavy atom. The molecule has 1 atom stereocenters. The van der Waals surface area contributed by atoms with Gasteiger partial charge in [-0.05, 0) is 38.8 Å². The van der Waals surface area contributed by atoms with Gasteiger partial charge in [0.05, 0.1) is 12.1 Å². The highest BCUT2D eigenvalue weighted by atomic mass is 16.5. The summed E-state index contributed by atoms with van der Waals surface area (Å²) >= 11 is 0. The molecule has 1 fully saturated rings. The molecular formula is C13H20N4O2. The molecule has 1 saturated heterocycles. The van der Waals surface area contributed by atoms with E-state index in [1.165, 1.54) is 0 Å². The summed E-state index contributed by atoms with van der Waals surface area (Å²) in [5, 5.41) is 13.9. The molecule has 1 aromatic rings. The third kappa shape index (κ3) is 3.64. The highest BCUT2D eigenvalue weighted by Gasteiger charge is 2.30. The maximum atomic E-state index is 12.1. The van der Waals surface area contributed by atoms with Crippen LogP contribution in [0, 0.1) is 0 Å². The molecule has 0 spiro atoms. The summed E-state index contributed by atoms with van der Waals surface area (Å²) in [7, 11) is 0. The molecule has 0 aliphatic carbocycles. The fourth-order valence-corrected chi connectivity index (χ4v) is 2.10. The van der Waals surface area contributed by atoms with E-state index in [1.807, 2.05) is 13.8 Å². The van der Waals surface area contributed by atoms with Crippen LogP contribution in [-0.4, -0.2) is 41.4 Å². The smallest absolute Gasteiger partial charge is 0.272 e. The Morgan fingerprint density at radius 1 is 1.47 bits per heavy atom. The molecule has 2 heterocycles. The van der Waals surface area contributed by atoms with E-state index in [0.29, 0.717) is 18.1 Å². The Bertz CT molecular complexity index is 427. The van der Waals surface area contributed by atoms with Crippen LogP contribution < -0.4 is 10.6 Å². The molecule has 0 bridgehead atoms. The van der Waals surface area contributed by atoms with E-state index in [4.69, 9.17) is 4.74 Å². The van der Waals surface area contributed by atoms with Gasteiger partial charge in [-0.1, -0.05) is 0 Å². The van der Waals surface area contributed by atoms with Crippen LogP contribution in [0.25, 0.3) is 0 Å². The van der Waals surface area contributed by atoms with E-state index in [0.717, 1.165) is 26.0 Å². The summed E-state index contributed by atoms with van der Waals surface area (Å²) in [6, 6.07) is 3.43. The molecule has 0 radical (unpaired) electrons. The van der Waals surface area contributed by atoms with Crippen molar-refractivity contribution >= 4 is 11.7 Å². The van der Waals surface area contributed by atoms with Crippen LogP contribution >= 0.6 is 0 Å². The standard InChI is InChI=1S/C13H20N4O2/c1-3-14-11-6-5-10(16-17-11)12(18)15-13(2)7-4-8-19-9-13/h5-6H,3-4,7-9H2,1-2H3,(H,14,17)(H,15,18). The van der Waals surface area contributed by atoms with Crippen LogP contribution in [-0.2, 0) is 4.74 Å². The van der Waals surface area contributed by atoms with E-state index in [-0.39, 0.29) is 11.4 Å². The van der Waals surface area contributed by atoms with E-state index in [2.05, 4.69) is 20.8 Å². The second-order valence-corrected chi connectivity index (χ2v) is 5.01. The molecule has 0 aromatic carbocycles. The first-order chi connectivity index (χ1) is 9.13. The van der Waals surface area contributed by atoms with Crippen LogP contribution in [0.3, 0.4) is 0 Å². The van der Waals surface area contributed by atoms with Crippen molar-refractivity contribution in [2.75, 3.05) is 25.1 Å². The third-order valence-corrected chi connectivity index (χ3v) is 3.11. The summed E-state index contributed by atoms with van der Waals surface area (Å²) < 4.78 is 5.41. The number of amides is 1. The van der Waals surface area contributed by atoms with Crippen LogP contribution in [0.4, 0.5) is 5.82 Å². The Kier molecular flexibility index (Phi) is 4.31. The highest BCUT2D eigenvalue weighted by molar-refractivity contribution is 5.92. The molecule has 1 aliphatic heterocycles. The number of carbonyl (C=O) groups excluding carboxylic acids is 1. The maximum absolute atomic E-state index is 12.1. The Balaban J connectivity index is 1.99. The maximum Gasteiger partial charge on any atom is 0.272 e. The van der Waals surface area contributed by atoms with Crippen molar-refractivity contribution in [3.05, 3.63) is 17.8 Å². The fraction of sp³-hybridized carbons (Fsp3) is 0.615. The summed E-state index contributed by atoms with van der Waals surface area (Å²) in [5.41, 5.74) is 0.0191. The number of ether oxygens (including phenoxy) is 1. The SMILES string of the molecule is CCNc1ccc(C(=O)NC2(C)CCCOC2)nn1. The van der Waals surface area contributed by atoms with Gasteiger partial charge >= 0.3 is 0 Å². The second kappa shape index (κ2) is 5.97. The van der Waals surface area contributed by atoms with Gasteiger partial charge in [-0.3, -0.25) is 4.79 Å². The fourth-order valence-electron chi connectivity index (χ4n) is 2.10. The molecule has 2 N–H and O–H groups in total. The first-order valence-corrected chi connectivity index (χ1v) is 6.61. The third-order valence-electron chi connectivity index (χ3n) is 3.11. The number of hydrogen-bond donors (Lipinski definition) is 2. The highest BCUT2D eigenvalue weighted by Crippen LogP contribution is 2.18. The Morgan fingerprint density at radius 2 is 2.32 bits per heavy atom. The monoisotopic (exact) mass is 264 g/mol. The molecule has 6 nitrogen and oxygen atoms in total. The van der Waals surface area contributed by atoms with E-state index >= 15 is 0 Å². The summed E-state index contributed by atoms with van der Waals surface area (Å²) in [5.74, 6) is 0.467. The number of hydrogen-bond acceptors (Lipinski definition) is 5. The van der Waals surface area contributed by atoms with Crippen molar-refractivity contribution < 1.29 is 9.53 Å². The predicted molar refractivity (Wildman–Crippen MR) is 72.1 cm³/mol. The van der Waals surface area contributed by atoms with E-state index in [1.54, 1.807) is 12.1 Å². The normalized spacial score (nSPS) is 22.8. The van der Waals surface area contributed by atoms with Crippen molar-refractivity contribution in [1.29, 1.82) is 0 Å². The van der Waals surface area contributed by atoms with Gasteiger partial charge in [0.1, 0.15) is 5.82 Å². The van der Waals surface area contributed by atoms with Gasteiger partial charge in [-0.25, -0.2) is 0 Å². The number of carbonyl (C=O) groups is 1. The molecule has 0 saturated carbocycles. The summed E-state index contributed by atoms with van der Waals surface area (Å²) in [6.45, 7) is 6.05. The van der Waals surface area contributed by atoms with Gasteiger partial charge in [0.25, 0.3) is 5.91 Å². The van der Waals surface area contributed by atoms with Crippen molar-refractivity contribution in [3.8, 4) is 0 Å². The summed E-state index contributed by atoms with van der Waals surface area (Å²) in [4.78, 5) is 12.1. The van der Waals surface area contributed by atoms with Crippen molar-refractivity contribution in [1.82, 2.24) is 15.5 Å². The Hall–Kier alpha value is -1.69. The van der Waals surface area contributed by atoms with Gasteiger partial charge in [0.2, 0.25) is 0 Å². The topological polar surface area (TPSA) is 76.1 Å². The van der Waals surface area contributed by atoms with Crippen molar-refractivity contribution in [3.63, 3.8) is 0 Å². The van der Waals surface area contributed by atoms with Gasteiger partial charge in [0.15, 0.2) is 5.69 Å².